The van der Waals surface area contributed by atoms with E-state index in [1.807, 2.05) is 0 Å². The van der Waals surface area contributed by atoms with Crippen molar-refractivity contribution in [2.45, 2.75) is 0 Å². The van der Waals surface area contributed by atoms with E-state index >= 15 is 0 Å². The van der Waals surface area contributed by atoms with Crippen LogP contribution in [0.4, 0.5) is 17.1 Å². The van der Waals surface area contributed by atoms with Crippen molar-refractivity contribution in [1.82, 2.24) is 4.48 Å². The molecular formula is C35H26N+. The van der Waals surface area contributed by atoms with Gasteiger partial charge in [0.1, 0.15) is 17.1 Å². The van der Waals surface area contributed by atoms with Gasteiger partial charge < -0.3 is 0 Å². The first-order chi connectivity index (χ1) is 17.7. The smallest absolute Gasteiger partial charge is 0.143 e. The number of para-hydroxylation sites is 2. The molecule has 36 heavy (non-hydrogen) atoms. The van der Waals surface area contributed by atoms with Crippen LogP contribution in [-0.2, 0) is 0 Å². The summed E-state index contributed by atoms with van der Waals surface area (Å²) in [7, 11) is 2.29. The van der Waals surface area contributed by atoms with Crippen LogP contribution in [0.2, 0.25) is 0 Å². The molecule has 0 aliphatic carbocycles. The van der Waals surface area contributed by atoms with Crippen LogP contribution in [0, 0.1) is 0 Å². The van der Waals surface area contributed by atoms with Crippen LogP contribution in [-0.4, -0.2) is 7.05 Å². The highest BCUT2D eigenvalue weighted by molar-refractivity contribution is 6.25. The number of benzene rings is 7. The molecule has 0 radical (unpaired) electrons. The average Bonchev–Trinajstić information content (AvgIpc) is 2.96. The van der Waals surface area contributed by atoms with E-state index in [4.69, 9.17) is 0 Å². The fraction of sp³-hybridized carbons (Fsp3) is 0.0286. The van der Waals surface area contributed by atoms with Crippen molar-refractivity contribution in [1.29, 1.82) is 0 Å². The first-order valence-corrected chi connectivity index (χ1v) is 12.5. The molecule has 7 aromatic carbocycles. The average molecular weight is 461 g/mol. The van der Waals surface area contributed by atoms with Gasteiger partial charge in [0.2, 0.25) is 0 Å². The lowest BCUT2D eigenvalue weighted by atomic mass is 9.89. The van der Waals surface area contributed by atoms with Gasteiger partial charge in [-0.2, -0.15) is 0 Å². The minimum Gasteiger partial charge on any atom is -0.229 e. The third kappa shape index (κ3) is 3.07. The van der Waals surface area contributed by atoms with Gasteiger partial charge in [-0.05, 0) is 67.7 Å². The van der Waals surface area contributed by atoms with E-state index in [1.165, 1.54) is 60.5 Å². The first-order valence-electron chi connectivity index (χ1n) is 12.5. The molecule has 7 rings (SSSR count). The zero-order valence-electron chi connectivity index (χ0n) is 20.2. The predicted octanol–water partition coefficient (Wildman–Crippen LogP) is 9.85. The SMILES string of the molecule is C[N+](c1ccccc1)(c1ccccc1)c1cccc(-c2ccc3ccc4cccc5ccc2c3c45)c1. The van der Waals surface area contributed by atoms with E-state index in [0.717, 1.165) is 0 Å². The van der Waals surface area contributed by atoms with Crippen molar-refractivity contribution in [3.8, 4) is 11.1 Å². The van der Waals surface area contributed by atoms with Crippen molar-refractivity contribution in [3.63, 3.8) is 0 Å². The maximum Gasteiger partial charge on any atom is 0.143 e. The molecule has 0 aliphatic rings. The molecule has 0 fully saturated rings. The maximum atomic E-state index is 2.37. The normalized spacial score (nSPS) is 12.0. The van der Waals surface area contributed by atoms with Gasteiger partial charge in [-0.3, -0.25) is 0 Å². The fourth-order valence-corrected chi connectivity index (χ4v) is 5.84. The second-order valence-electron chi connectivity index (χ2n) is 9.70. The third-order valence-corrected chi connectivity index (χ3v) is 7.75. The van der Waals surface area contributed by atoms with Gasteiger partial charge in [0.15, 0.2) is 0 Å². The van der Waals surface area contributed by atoms with Gasteiger partial charge in [-0.1, -0.05) is 103 Å². The molecule has 0 saturated heterocycles. The van der Waals surface area contributed by atoms with E-state index in [2.05, 4.69) is 147 Å². The minimum absolute atomic E-state index is 0.599. The van der Waals surface area contributed by atoms with Crippen LogP contribution in [0.3, 0.4) is 0 Å². The quantitative estimate of drug-likeness (QED) is 0.181. The molecule has 0 aliphatic heterocycles. The van der Waals surface area contributed by atoms with Crippen molar-refractivity contribution in [3.05, 3.63) is 140 Å². The first kappa shape index (κ1) is 20.9. The van der Waals surface area contributed by atoms with Crippen LogP contribution < -0.4 is 4.48 Å². The van der Waals surface area contributed by atoms with E-state index in [0.29, 0.717) is 4.48 Å². The Labute approximate surface area is 211 Å². The topological polar surface area (TPSA) is 0 Å². The molecule has 0 spiro atoms. The standard InChI is InChI=1S/C35H26N/c1-36(29-13-4-2-5-14-29,30-15-6-3-7-16-30)31-17-9-12-28(24-31)32-22-20-27-19-18-25-10-8-11-26-21-23-33(32)35(27)34(25)26/h2-24H,1H3/q+1. The van der Waals surface area contributed by atoms with E-state index in [-0.39, 0.29) is 0 Å². The summed E-state index contributed by atoms with van der Waals surface area (Å²) < 4.78 is 0.599. The van der Waals surface area contributed by atoms with Crippen molar-refractivity contribution in [2.24, 2.45) is 0 Å². The van der Waals surface area contributed by atoms with E-state index in [1.54, 1.807) is 0 Å². The van der Waals surface area contributed by atoms with Gasteiger partial charge in [0.25, 0.3) is 0 Å². The Balaban J connectivity index is 1.48. The van der Waals surface area contributed by atoms with Crippen molar-refractivity contribution < 1.29 is 0 Å². The number of rotatable bonds is 4. The lowest BCUT2D eigenvalue weighted by Crippen LogP contribution is -2.33. The molecule has 0 aromatic heterocycles. The van der Waals surface area contributed by atoms with Crippen LogP contribution in [0.15, 0.2) is 140 Å². The number of nitrogens with zero attached hydrogens (tertiary/aromatic N) is 1. The summed E-state index contributed by atoms with van der Waals surface area (Å²) in [6.45, 7) is 0. The highest BCUT2D eigenvalue weighted by Crippen LogP contribution is 2.44. The second-order valence-corrected chi connectivity index (χ2v) is 9.70. The maximum absolute atomic E-state index is 2.37. The second kappa shape index (κ2) is 8.05. The Bertz CT molecular complexity index is 1780. The zero-order chi connectivity index (χ0) is 24.1. The highest BCUT2D eigenvalue weighted by atomic mass is 15.3. The van der Waals surface area contributed by atoms with Crippen molar-refractivity contribution >= 4 is 49.4 Å². The fourth-order valence-electron chi connectivity index (χ4n) is 5.84. The number of hydrogen-bond donors (Lipinski definition) is 0. The summed E-state index contributed by atoms with van der Waals surface area (Å²) in [6.07, 6.45) is 0. The van der Waals surface area contributed by atoms with Crippen LogP contribution in [0.25, 0.3) is 43.4 Å². The van der Waals surface area contributed by atoms with Crippen LogP contribution >= 0.6 is 0 Å². The number of hydrogen-bond acceptors (Lipinski definition) is 0. The number of quaternary nitrogens is 1. The van der Waals surface area contributed by atoms with Gasteiger partial charge in [-0.15, -0.1) is 0 Å². The molecule has 1 nitrogen and oxygen atoms in total. The molecule has 170 valence electrons. The molecular weight excluding hydrogens is 434 g/mol. The minimum atomic E-state index is 0.599. The molecule has 0 atom stereocenters. The Morgan fingerprint density at radius 1 is 0.417 bits per heavy atom. The molecule has 1 heteroatoms. The molecule has 0 heterocycles. The molecule has 0 unspecified atom stereocenters. The van der Waals surface area contributed by atoms with E-state index < -0.39 is 0 Å². The molecule has 0 N–H and O–H groups in total. The molecule has 7 aromatic rings. The van der Waals surface area contributed by atoms with E-state index in [9.17, 15) is 0 Å². The third-order valence-electron chi connectivity index (χ3n) is 7.75. The lowest BCUT2D eigenvalue weighted by molar-refractivity contribution is 0.627. The monoisotopic (exact) mass is 460 g/mol. The lowest BCUT2D eigenvalue weighted by Gasteiger charge is -2.33. The van der Waals surface area contributed by atoms with Crippen LogP contribution in [0.5, 0.6) is 0 Å². The predicted molar refractivity (Wildman–Crippen MR) is 156 cm³/mol. The Kier molecular flexibility index (Phi) is 4.67. The van der Waals surface area contributed by atoms with Gasteiger partial charge in [0, 0.05) is 12.1 Å². The Morgan fingerprint density at radius 3 is 1.61 bits per heavy atom. The largest absolute Gasteiger partial charge is 0.229 e. The Hall–Kier alpha value is -4.46. The summed E-state index contributed by atoms with van der Waals surface area (Å²) in [5, 5.41) is 7.92. The molecule has 0 saturated carbocycles. The zero-order valence-corrected chi connectivity index (χ0v) is 20.2. The summed E-state index contributed by atoms with van der Waals surface area (Å²) >= 11 is 0. The van der Waals surface area contributed by atoms with Gasteiger partial charge in [0.05, 0.1) is 7.05 Å². The molecule has 0 amide bonds. The van der Waals surface area contributed by atoms with Gasteiger partial charge >= 0.3 is 0 Å². The summed E-state index contributed by atoms with van der Waals surface area (Å²) in [5.74, 6) is 0. The summed E-state index contributed by atoms with van der Waals surface area (Å²) in [6, 6.07) is 50.8. The van der Waals surface area contributed by atoms with Crippen LogP contribution in [0.1, 0.15) is 0 Å². The summed E-state index contributed by atoms with van der Waals surface area (Å²) in [4.78, 5) is 0. The molecule has 0 bridgehead atoms. The van der Waals surface area contributed by atoms with Crippen molar-refractivity contribution in [2.75, 3.05) is 7.05 Å². The summed E-state index contributed by atoms with van der Waals surface area (Å²) in [5.41, 5.74) is 6.21. The Morgan fingerprint density at radius 2 is 0.944 bits per heavy atom. The van der Waals surface area contributed by atoms with Gasteiger partial charge in [-0.25, -0.2) is 4.48 Å². The highest BCUT2D eigenvalue weighted by Gasteiger charge is 2.31.